The van der Waals surface area contributed by atoms with Crippen molar-refractivity contribution in [2.24, 2.45) is 0 Å². The fourth-order valence-corrected chi connectivity index (χ4v) is 0.403. The van der Waals surface area contributed by atoms with Gasteiger partial charge in [0.25, 0.3) is 0 Å². The quantitative estimate of drug-likeness (QED) is 0.356. The van der Waals surface area contributed by atoms with Crippen molar-refractivity contribution in [1.82, 2.24) is 15.0 Å². The van der Waals surface area contributed by atoms with Crippen LogP contribution in [0.4, 0.5) is 0 Å². The molecule has 1 aromatic heterocycles. The molecule has 1 heterocycles. The van der Waals surface area contributed by atoms with Gasteiger partial charge in [-0.2, -0.15) is 0 Å². The lowest BCUT2D eigenvalue weighted by Gasteiger charge is -1.77. The van der Waals surface area contributed by atoms with Crippen LogP contribution in [0.25, 0.3) is 0 Å². The average Bonchev–Trinajstić information content (AvgIpc) is 1.84. The average molecular weight is 175 g/mol. The molecule has 0 fully saturated rings. The van der Waals surface area contributed by atoms with E-state index in [0.29, 0.717) is 0 Å². The predicted molar refractivity (Wildman–Crippen MR) is 41.1 cm³/mol. The molecule has 0 spiro atoms. The molecular weight excluding hydrogens is 166 g/mol. The van der Waals surface area contributed by atoms with E-state index in [1.54, 1.807) is 21.9 Å². The molecule has 12 heavy (non-hydrogen) atoms. The van der Waals surface area contributed by atoms with Crippen LogP contribution < -0.4 is 17.1 Å². The number of aliphatic hydroxyl groups is 1. The normalized spacial score (nSPS) is 8.50. The first-order chi connectivity index (χ1) is 5.60. The molecular formula is C5H9N3O4. The molecule has 68 valence electrons. The van der Waals surface area contributed by atoms with Gasteiger partial charge < -0.3 is 5.11 Å². The number of H-pyrrole nitrogens is 3. The SMILES string of the molecule is CCO.O=c1[nH]c(=O)[nH]c(=O)[nH]1. The molecule has 0 aromatic carbocycles. The van der Waals surface area contributed by atoms with E-state index in [2.05, 4.69) is 0 Å². The Hall–Kier alpha value is -1.63. The molecule has 0 saturated carbocycles. The third kappa shape index (κ3) is 4.23. The molecule has 0 aliphatic rings. The van der Waals surface area contributed by atoms with Crippen molar-refractivity contribution in [2.75, 3.05) is 6.61 Å². The van der Waals surface area contributed by atoms with Gasteiger partial charge in [-0.25, -0.2) is 14.4 Å². The lowest BCUT2D eigenvalue weighted by atomic mass is 10.9. The van der Waals surface area contributed by atoms with E-state index < -0.39 is 17.1 Å². The van der Waals surface area contributed by atoms with Gasteiger partial charge in [0.15, 0.2) is 0 Å². The molecule has 0 unspecified atom stereocenters. The second-order valence-electron chi connectivity index (χ2n) is 1.68. The molecule has 0 aliphatic heterocycles. The zero-order valence-electron chi connectivity index (χ0n) is 6.38. The highest BCUT2D eigenvalue weighted by molar-refractivity contribution is 4.60. The van der Waals surface area contributed by atoms with Crippen LogP contribution in [0.15, 0.2) is 14.4 Å². The third-order valence-corrected chi connectivity index (χ3v) is 0.681. The number of aromatic nitrogens is 3. The highest BCUT2D eigenvalue weighted by Gasteiger charge is 1.84. The van der Waals surface area contributed by atoms with Gasteiger partial charge >= 0.3 is 17.1 Å². The summed E-state index contributed by atoms with van der Waals surface area (Å²) >= 11 is 0. The van der Waals surface area contributed by atoms with E-state index in [0.717, 1.165) is 0 Å². The maximum Gasteiger partial charge on any atom is 0.330 e. The number of hydrogen-bond donors (Lipinski definition) is 4. The van der Waals surface area contributed by atoms with E-state index in [1.807, 2.05) is 0 Å². The van der Waals surface area contributed by atoms with E-state index >= 15 is 0 Å². The molecule has 0 bridgehead atoms. The molecule has 0 atom stereocenters. The van der Waals surface area contributed by atoms with Gasteiger partial charge in [0.2, 0.25) is 0 Å². The Balaban J connectivity index is 0.000000354. The van der Waals surface area contributed by atoms with Crippen molar-refractivity contribution in [1.29, 1.82) is 0 Å². The van der Waals surface area contributed by atoms with Gasteiger partial charge in [0.05, 0.1) is 0 Å². The smallest absolute Gasteiger partial charge is 0.330 e. The summed E-state index contributed by atoms with van der Waals surface area (Å²) in [4.78, 5) is 35.9. The summed E-state index contributed by atoms with van der Waals surface area (Å²) in [6, 6.07) is 0. The Morgan fingerprint density at radius 2 is 1.17 bits per heavy atom. The molecule has 0 radical (unpaired) electrons. The molecule has 7 nitrogen and oxygen atoms in total. The highest BCUT2D eigenvalue weighted by atomic mass is 16.2. The number of rotatable bonds is 0. The van der Waals surface area contributed by atoms with Crippen molar-refractivity contribution in [2.45, 2.75) is 6.92 Å². The zero-order chi connectivity index (χ0) is 9.56. The molecule has 1 aromatic rings. The van der Waals surface area contributed by atoms with E-state index in [4.69, 9.17) is 5.11 Å². The van der Waals surface area contributed by atoms with Gasteiger partial charge in [-0.1, -0.05) is 0 Å². The second-order valence-corrected chi connectivity index (χ2v) is 1.68. The molecule has 0 amide bonds. The first kappa shape index (κ1) is 10.4. The number of hydrogen-bond acceptors (Lipinski definition) is 4. The Labute approximate surface area is 66.1 Å². The van der Waals surface area contributed by atoms with Crippen LogP contribution in [-0.4, -0.2) is 26.7 Å². The van der Waals surface area contributed by atoms with Crippen LogP contribution in [0, 0.1) is 0 Å². The van der Waals surface area contributed by atoms with E-state index in [-0.39, 0.29) is 6.61 Å². The van der Waals surface area contributed by atoms with Crippen molar-refractivity contribution >= 4 is 0 Å². The summed E-state index contributed by atoms with van der Waals surface area (Å²) in [7, 11) is 0. The van der Waals surface area contributed by atoms with Gasteiger partial charge in [0.1, 0.15) is 0 Å². The largest absolute Gasteiger partial charge is 0.397 e. The van der Waals surface area contributed by atoms with Crippen LogP contribution in [-0.2, 0) is 0 Å². The second kappa shape index (κ2) is 5.08. The predicted octanol–water partition coefficient (Wildman–Crippen LogP) is -2.25. The van der Waals surface area contributed by atoms with Crippen molar-refractivity contribution in [3.8, 4) is 0 Å². The van der Waals surface area contributed by atoms with Crippen molar-refractivity contribution in [3.05, 3.63) is 31.5 Å². The minimum absolute atomic E-state index is 0.250. The summed E-state index contributed by atoms with van der Waals surface area (Å²) < 4.78 is 0. The summed E-state index contributed by atoms with van der Waals surface area (Å²) in [5.41, 5.74) is -2.41. The van der Waals surface area contributed by atoms with Gasteiger partial charge in [-0.05, 0) is 6.92 Å². The van der Waals surface area contributed by atoms with Crippen LogP contribution >= 0.6 is 0 Å². The minimum Gasteiger partial charge on any atom is -0.397 e. The molecule has 0 saturated heterocycles. The van der Waals surface area contributed by atoms with Crippen LogP contribution in [0.1, 0.15) is 6.92 Å². The Kier molecular flexibility index (Phi) is 4.39. The Bertz CT molecular complexity index is 295. The fourth-order valence-electron chi connectivity index (χ4n) is 0.403. The summed E-state index contributed by atoms with van der Waals surface area (Å²) in [5.74, 6) is 0. The first-order valence-electron chi connectivity index (χ1n) is 3.14. The molecule has 0 aliphatic carbocycles. The molecule has 1 rings (SSSR count). The standard InChI is InChI=1S/C3H3N3O3.C2H6O/c7-1-4-2(8)6-3(9)5-1;1-2-3/h(H3,4,5,6,7,8,9);3H,2H2,1H3. The monoisotopic (exact) mass is 175 g/mol. The lowest BCUT2D eigenvalue weighted by molar-refractivity contribution is 0.318. The van der Waals surface area contributed by atoms with E-state index in [1.165, 1.54) is 0 Å². The van der Waals surface area contributed by atoms with Crippen molar-refractivity contribution in [3.63, 3.8) is 0 Å². The summed E-state index contributed by atoms with van der Waals surface area (Å²) in [5, 5.41) is 7.57. The number of nitrogens with one attached hydrogen (secondary N) is 3. The summed E-state index contributed by atoms with van der Waals surface area (Å²) in [6.45, 7) is 1.93. The molecule has 4 N–H and O–H groups in total. The fraction of sp³-hybridized carbons (Fsp3) is 0.400. The topological polar surface area (TPSA) is 119 Å². The number of aromatic amines is 3. The molecule has 7 heteroatoms. The maximum absolute atomic E-state index is 10.2. The van der Waals surface area contributed by atoms with Crippen LogP contribution in [0.5, 0.6) is 0 Å². The minimum atomic E-state index is -0.802. The number of aliphatic hydroxyl groups excluding tert-OH is 1. The highest BCUT2D eigenvalue weighted by Crippen LogP contribution is 1.30. The van der Waals surface area contributed by atoms with Gasteiger partial charge in [-0.3, -0.25) is 15.0 Å². The lowest BCUT2D eigenvalue weighted by Crippen LogP contribution is -2.34. The van der Waals surface area contributed by atoms with Gasteiger partial charge in [-0.15, -0.1) is 0 Å². The summed E-state index contributed by atoms with van der Waals surface area (Å²) in [6.07, 6.45) is 0. The zero-order valence-corrected chi connectivity index (χ0v) is 6.38. The van der Waals surface area contributed by atoms with Crippen LogP contribution in [0.2, 0.25) is 0 Å². The van der Waals surface area contributed by atoms with Crippen LogP contribution in [0.3, 0.4) is 0 Å². The third-order valence-electron chi connectivity index (χ3n) is 0.681. The Morgan fingerprint density at radius 1 is 1.00 bits per heavy atom. The first-order valence-corrected chi connectivity index (χ1v) is 3.14. The maximum atomic E-state index is 10.2. The Morgan fingerprint density at radius 3 is 1.33 bits per heavy atom. The van der Waals surface area contributed by atoms with Crippen molar-refractivity contribution < 1.29 is 5.11 Å². The van der Waals surface area contributed by atoms with E-state index in [9.17, 15) is 14.4 Å². The van der Waals surface area contributed by atoms with Gasteiger partial charge in [0, 0.05) is 6.61 Å².